The molecule has 2 aliphatic rings. The van der Waals surface area contributed by atoms with E-state index >= 15 is 0 Å². The zero-order valence-corrected chi connectivity index (χ0v) is 29.2. The third-order valence-corrected chi connectivity index (χ3v) is 9.74. The van der Waals surface area contributed by atoms with Crippen molar-refractivity contribution in [1.29, 1.82) is 0 Å². The van der Waals surface area contributed by atoms with Crippen LogP contribution < -0.4 is 0 Å². The molecular formula is C44H34N8. The van der Waals surface area contributed by atoms with Crippen molar-refractivity contribution in [3.8, 4) is 45.0 Å². The van der Waals surface area contributed by atoms with Crippen LogP contribution in [-0.2, 0) is 0 Å². The lowest BCUT2D eigenvalue weighted by atomic mass is 10.0. The average Bonchev–Trinajstić information content (AvgIpc) is 3.99. The van der Waals surface area contributed by atoms with E-state index in [4.69, 9.17) is 29.9 Å². The Morgan fingerprint density at radius 1 is 0.346 bits per heavy atom. The Morgan fingerprint density at radius 2 is 0.596 bits per heavy atom. The van der Waals surface area contributed by atoms with Gasteiger partial charge in [-0.25, -0.2) is 9.97 Å². The summed E-state index contributed by atoms with van der Waals surface area (Å²) in [6.07, 6.45) is 15.6. The number of aromatic nitrogens is 8. The predicted octanol–water partition coefficient (Wildman–Crippen LogP) is 10.1. The first-order chi connectivity index (χ1) is 25.4. The molecule has 2 N–H and O–H groups in total. The summed E-state index contributed by atoms with van der Waals surface area (Å²) in [7, 11) is 0. The Bertz CT molecular complexity index is 2430. The van der Waals surface area contributed by atoms with Crippen molar-refractivity contribution in [2.45, 2.75) is 27.7 Å². The summed E-state index contributed by atoms with van der Waals surface area (Å²) < 4.78 is 0. The molecule has 8 bridgehead atoms. The molecule has 0 aliphatic carbocycles. The second-order valence-corrected chi connectivity index (χ2v) is 13.2. The van der Waals surface area contributed by atoms with Gasteiger partial charge in [-0.05, 0) is 123 Å². The third-order valence-electron chi connectivity index (χ3n) is 9.74. The summed E-state index contributed by atoms with van der Waals surface area (Å²) in [5.41, 5.74) is 18.0. The maximum absolute atomic E-state index is 5.35. The Labute approximate surface area is 300 Å². The van der Waals surface area contributed by atoms with Crippen molar-refractivity contribution in [2.24, 2.45) is 0 Å². The van der Waals surface area contributed by atoms with Crippen LogP contribution >= 0.6 is 0 Å². The van der Waals surface area contributed by atoms with Gasteiger partial charge >= 0.3 is 0 Å². The predicted molar refractivity (Wildman–Crippen MR) is 211 cm³/mol. The zero-order valence-electron chi connectivity index (χ0n) is 29.2. The lowest BCUT2D eigenvalue weighted by Crippen LogP contribution is -1.95. The molecule has 0 spiro atoms. The molecule has 0 saturated carbocycles. The van der Waals surface area contributed by atoms with Gasteiger partial charge in [0.25, 0.3) is 0 Å². The van der Waals surface area contributed by atoms with Crippen molar-refractivity contribution in [1.82, 2.24) is 39.9 Å². The van der Waals surface area contributed by atoms with Gasteiger partial charge in [0, 0.05) is 47.0 Å². The van der Waals surface area contributed by atoms with E-state index in [9.17, 15) is 0 Å². The molecule has 0 aromatic carbocycles. The van der Waals surface area contributed by atoms with Gasteiger partial charge in [-0.3, -0.25) is 19.9 Å². The van der Waals surface area contributed by atoms with Crippen molar-refractivity contribution >= 4 is 46.4 Å². The third kappa shape index (κ3) is 5.24. The van der Waals surface area contributed by atoms with Crippen LogP contribution in [0.15, 0.2) is 97.6 Å². The van der Waals surface area contributed by atoms with Crippen LogP contribution in [0, 0.1) is 27.7 Å². The molecule has 0 unspecified atom stereocenters. The van der Waals surface area contributed by atoms with Crippen LogP contribution in [-0.4, -0.2) is 39.9 Å². The molecule has 250 valence electrons. The second kappa shape index (κ2) is 12.5. The van der Waals surface area contributed by atoms with Crippen LogP contribution in [0.2, 0.25) is 0 Å². The van der Waals surface area contributed by atoms with Crippen molar-refractivity contribution in [3.63, 3.8) is 0 Å². The van der Waals surface area contributed by atoms with E-state index < -0.39 is 0 Å². The van der Waals surface area contributed by atoms with Gasteiger partial charge in [-0.15, -0.1) is 0 Å². The van der Waals surface area contributed by atoms with Crippen LogP contribution in [0.3, 0.4) is 0 Å². The van der Waals surface area contributed by atoms with Gasteiger partial charge in [0.1, 0.15) is 0 Å². The zero-order chi connectivity index (χ0) is 35.3. The SMILES string of the molecule is Cc1cccnc1-c1c2nc(c(-c3ncccc3C)c3ccc([nH]3)c(-c3ncccc3C)c3nc(c(-c4ncccc4C)c4ccc1[nH]4)C=C3)C=C2. The highest BCUT2D eigenvalue weighted by atomic mass is 14.8. The Hall–Kier alpha value is -6.80. The smallest absolute Gasteiger partial charge is 0.0773 e. The maximum atomic E-state index is 5.35. The molecule has 8 heteroatoms. The molecule has 9 rings (SSSR count). The number of aryl methyl sites for hydroxylation is 4. The number of nitrogens with one attached hydrogen (secondary N) is 2. The van der Waals surface area contributed by atoms with Crippen molar-refractivity contribution < 1.29 is 0 Å². The maximum Gasteiger partial charge on any atom is 0.0773 e. The summed E-state index contributed by atoms with van der Waals surface area (Å²) >= 11 is 0. The molecule has 2 aliphatic heterocycles. The Kier molecular flexibility index (Phi) is 7.51. The average molecular weight is 675 g/mol. The fourth-order valence-electron chi connectivity index (χ4n) is 7.19. The minimum Gasteiger partial charge on any atom is -0.354 e. The molecule has 8 nitrogen and oxygen atoms in total. The number of nitrogens with zero attached hydrogens (tertiary/aromatic N) is 6. The monoisotopic (exact) mass is 674 g/mol. The first kappa shape index (κ1) is 31.2. The van der Waals surface area contributed by atoms with Crippen LogP contribution in [0.4, 0.5) is 0 Å². The summed E-state index contributed by atoms with van der Waals surface area (Å²) in [5.74, 6) is 0. The molecule has 52 heavy (non-hydrogen) atoms. The standard InChI is InChI=1S/C44H34N8/c1-25-9-5-21-45-41(25)37-29-13-15-31(49-29)38(42-26(2)10-6-22-46-42)33-17-19-35(51-33)40(44-28(4)12-8-24-48-44)36-20-18-34(52-36)39(32-16-14-30(37)50-32)43-27(3)11-7-23-47-43/h5-24,49,52H,1-4H3. The van der Waals surface area contributed by atoms with Gasteiger partial charge in [0.05, 0.1) is 67.6 Å². The van der Waals surface area contributed by atoms with Gasteiger partial charge in [-0.2, -0.15) is 0 Å². The Morgan fingerprint density at radius 3 is 0.827 bits per heavy atom. The van der Waals surface area contributed by atoms with Crippen LogP contribution in [0.25, 0.3) is 91.4 Å². The Balaban J connectivity index is 1.51. The van der Waals surface area contributed by atoms with Crippen LogP contribution in [0.5, 0.6) is 0 Å². The van der Waals surface area contributed by atoms with E-state index in [1.807, 2.05) is 49.1 Å². The number of rotatable bonds is 4. The summed E-state index contributed by atoms with van der Waals surface area (Å²) in [4.78, 5) is 37.8. The molecule has 0 fully saturated rings. The topological polar surface area (TPSA) is 109 Å². The van der Waals surface area contributed by atoms with E-state index in [0.717, 1.165) is 112 Å². The molecule has 0 radical (unpaired) electrons. The number of aromatic amines is 2. The molecular weight excluding hydrogens is 641 g/mol. The summed E-state index contributed by atoms with van der Waals surface area (Å²) in [5, 5.41) is 0. The highest BCUT2D eigenvalue weighted by molar-refractivity contribution is 5.99. The number of hydrogen-bond acceptors (Lipinski definition) is 6. The molecule has 7 aromatic heterocycles. The molecule has 0 atom stereocenters. The highest BCUT2D eigenvalue weighted by Crippen LogP contribution is 2.38. The summed E-state index contributed by atoms with van der Waals surface area (Å²) in [6.45, 7) is 8.33. The normalized spacial score (nSPS) is 12.1. The molecule has 0 saturated heterocycles. The van der Waals surface area contributed by atoms with E-state index in [1.165, 1.54) is 0 Å². The van der Waals surface area contributed by atoms with E-state index in [-0.39, 0.29) is 0 Å². The number of pyridine rings is 4. The minimum absolute atomic E-state index is 0.802. The highest BCUT2D eigenvalue weighted by Gasteiger charge is 2.22. The second-order valence-electron chi connectivity index (χ2n) is 13.2. The summed E-state index contributed by atoms with van der Waals surface area (Å²) in [6, 6.07) is 24.6. The van der Waals surface area contributed by atoms with Crippen molar-refractivity contribution in [2.75, 3.05) is 0 Å². The lowest BCUT2D eigenvalue weighted by molar-refractivity contribution is 1.23. The lowest BCUT2D eigenvalue weighted by Gasteiger charge is -2.09. The molecule has 0 amide bonds. The fraction of sp³-hybridized carbons (Fsp3) is 0.0909. The fourth-order valence-corrected chi connectivity index (χ4v) is 7.19. The van der Waals surface area contributed by atoms with E-state index in [2.05, 4.69) is 110 Å². The van der Waals surface area contributed by atoms with Gasteiger partial charge in [0.2, 0.25) is 0 Å². The minimum atomic E-state index is 0.802. The van der Waals surface area contributed by atoms with Crippen molar-refractivity contribution in [3.05, 3.63) is 143 Å². The molecule has 9 heterocycles. The molecule has 7 aromatic rings. The number of hydrogen-bond donors (Lipinski definition) is 2. The van der Waals surface area contributed by atoms with Crippen LogP contribution in [0.1, 0.15) is 45.0 Å². The van der Waals surface area contributed by atoms with E-state index in [1.54, 1.807) is 0 Å². The van der Waals surface area contributed by atoms with Gasteiger partial charge in [-0.1, -0.05) is 24.3 Å². The number of fused-ring (bicyclic) bond motifs is 8. The largest absolute Gasteiger partial charge is 0.354 e. The van der Waals surface area contributed by atoms with Gasteiger partial charge in [0.15, 0.2) is 0 Å². The number of H-pyrrole nitrogens is 2. The quantitative estimate of drug-likeness (QED) is 0.192. The van der Waals surface area contributed by atoms with E-state index in [0.29, 0.717) is 0 Å². The van der Waals surface area contributed by atoms with Gasteiger partial charge < -0.3 is 9.97 Å². The first-order valence-corrected chi connectivity index (χ1v) is 17.3. The first-order valence-electron chi connectivity index (χ1n) is 17.3.